The van der Waals surface area contributed by atoms with Crippen LogP contribution in [0.5, 0.6) is 11.5 Å². The summed E-state index contributed by atoms with van der Waals surface area (Å²) < 4.78 is 18.2. The van der Waals surface area contributed by atoms with E-state index in [1.54, 1.807) is 31.4 Å². The zero-order valence-electron chi connectivity index (χ0n) is 18.6. The third kappa shape index (κ3) is 4.44. The molecule has 166 valence electrons. The van der Waals surface area contributed by atoms with Crippen LogP contribution in [0.25, 0.3) is 11.0 Å². The monoisotopic (exact) mass is 434 g/mol. The second-order valence-electron chi connectivity index (χ2n) is 7.56. The summed E-state index contributed by atoms with van der Waals surface area (Å²) in [6.07, 6.45) is 0.623. The Morgan fingerprint density at radius 1 is 1.12 bits per heavy atom. The lowest BCUT2D eigenvalue weighted by molar-refractivity contribution is 0.0954. The van der Waals surface area contributed by atoms with Crippen molar-refractivity contribution in [3.05, 3.63) is 70.9 Å². The van der Waals surface area contributed by atoms with Crippen molar-refractivity contribution < 1.29 is 18.8 Å². The van der Waals surface area contributed by atoms with Crippen molar-refractivity contribution in [3.8, 4) is 11.5 Å². The van der Waals surface area contributed by atoms with Gasteiger partial charge in [-0.15, -0.1) is 0 Å². The highest BCUT2D eigenvalue weighted by Crippen LogP contribution is 2.21. The van der Waals surface area contributed by atoms with Gasteiger partial charge in [-0.3, -0.25) is 4.79 Å². The van der Waals surface area contributed by atoms with Crippen molar-refractivity contribution >= 4 is 16.9 Å². The van der Waals surface area contributed by atoms with E-state index in [9.17, 15) is 4.79 Å². The van der Waals surface area contributed by atoms with Crippen LogP contribution in [0.15, 0.2) is 47.0 Å². The minimum absolute atomic E-state index is 0.136. The number of hydrogen-bond donors (Lipinski definition) is 1. The summed E-state index contributed by atoms with van der Waals surface area (Å²) in [6.45, 7) is 4.59. The highest BCUT2D eigenvalue weighted by atomic mass is 16.5. The molecule has 0 unspecified atom stereocenters. The standard InChI is InChI=1S/C24H26N4O4/c1-15-20(16(2)32-27-15)14-31-18-7-5-17(6-8-18)24(29)25-12-11-23-26-21-13-19(30-4)9-10-22(21)28(23)3/h5-10,13H,11-12,14H2,1-4H3,(H,25,29). The van der Waals surface area contributed by atoms with Crippen LogP contribution in [0.1, 0.15) is 33.2 Å². The number of carbonyl (C=O) groups is 1. The molecule has 2 aromatic heterocycles. The fourth-order valence-corrected chi connectivity index (χ4v) is 3.54. The van der Waals surface area contributed by atoms with Gasteiger partial charge in [0.1, 0.15) is 29.7 Å². The number of hydrogen-bond acceptors (Lipinski definition) is 6. The topological polar surface area (TPSA) is 91.4 Å². The van der Waals surface area contributed by atoms with Crippen LogP contribution in [0.2, 0.25) is 0 Å². The molecular weight excluding hydrogens is 408 g/mol. The van der Waals surface area contributed by atoms with Gasteiger partial charge in [0.25, 0.3) is 5.91 Å². The second kappa shape index (κ2) is 9.13. The minimum Gasteiger partial charge on any atom is -0.497 e. The molecule has 0 radical (unpaired) electrons. The van der Waals surface area contributed by atoms with E-state index in [1.807, 2.05) is 43.7 Å². The molecule has 0 saturated carbocycles. The number of nitrogens with one attached hydrogen (secondary N) is 1. The Morgan fingerprint density at radius 3 is 2.56 bits per heavy atom. The molecule has 0 spiro atoms. The van der Waals surface area contributed by atoms with Crippen molar-refractivity contribution in [3.63, 3.8) is 0 Å². The molecule has 8 nitrogen and oxygen atoms in total. The summed E-state index contributed by atoms with van der Waals surface area (Å²) in [6, 6.07) is 12.9. The van der Waals surface area contributed by atoms with Gasteiger partial charge >= 0.3 is 0 Å². The molecule has 0 aliphatic carbocycles. The molecule has 1 amide bonds. The Morgan fingerprint density at radius 2 is 1.88 bits per heavy atom. The normalized spacial score (nSPS) is 11.0. The van der Waals surface area contributed by atoms with E-state index in [2.05, 4.69) is 15.5 Å². The van der Waals surface area contributed by atoms with Gasteiger partial charge in [-0.05, 0) is 50.2 Å². The molecule has 2 heterocycles. The molecule has 0 aliphatic rings. The lowest BCUT2D eigenvalue weighted by atomic mass is 10.2. The second-order valence-corrected chi connectivity index (χ2v) is 7.56. The van der Waals surface area contributed by atoms with E-state index >= 15 is 0 Å². The number of amides is 1. The van der Waals surface area contributed by atoms with Crippen LogP contribution < -0.4 is 14.8 Å². The first-order chi connectivity index (χ1) is 15.5. The molecule has 0 aliphatic heterocycles. The summed E-state index contributed by atoms with van der Waals surface area (Å²) in [5.41, 5.74) is 4.23. The largest absolute Gasteiger partial charge is 0.497 e. The zero-order valence-corrected chi connectivity index (χ0v) is 18.6. The van der Waals surface area contributed by atoms with E-state index in [-0.39, 0.29) is 5.91 Å². The number of imidazole rings is 1. The molecule has 0 saturated heterocycles. The lowest BCUT2D eigenvalue weighted by Crippen LogP contribution is -2.26. The van der Waals surface area contributed by atoms with E-state index in [1.165, 1.54) is 0 Å². The Labute approximate surface area is 186 Å². The lowest BCUT2D eigenvalue weighted by Gasteiger charge is -2.08. The minimum atomic E-state index is -0.136. The van der Waals surface area contributed by atoms with Crippen LogP contribution in [0.4, 0.5) is 0 Å². The van der Waals surface area contributed by atoms with Crippen molar-refractivity contribution in [2.24, 2.45) is 7.05 Å². The third-order valence-corrected chi connectivity index (χ3v) is 5.50. The number of fused-ring (bicyclic) bond motifs is 1. The van der Waals surface area contributed by atoms with Gasteiger partial charge < -0.3 is 23.9 Å². The molecule has 0 fully saturated rings. The van der Waals surface area contributed by atoms with E-state index in [4.69, 9.17) is 14.0 Å². The fraction of sp³-hybridized carbons (Fsp3) is 0.292. The zero-order chi connectivity index (χ0) is 22.7. The summed E-state index contributed by atoms with van der Waals surface area (Å²) >= 11 is 0. The quantitative estimate of drug-likeness (QED) is 0.454. The Kier molecular flexibility index (Phi) is 6.11. The summed E-state index contributed by atoms with van der Waals surface area (Å²) in [4.78, 5) is 17.2. The first-order valence-electron chi connectivity index (χ1n) is 10.4. The first-order valence-corrected chi connectivity index (χ1v) is 10.4. The molecule has 8 heteroatoms. The number of aryl methyl sites for hydroxylation is 3. The highest BCUT2D eigenvalue weighted by Gasteiger charge is 2.12. The average molecular weight is 434 g/mol. The number of aromatic nitrogens is 3. The number of nitrogens with zero attached hydrogens (tertiary/aromatic N) is 3. The predicted molar refractivity (Wildman–Crippen MR) is 120 cm³/mol. The number of benzene rings is 2. The van der Waals surface area contributed by atoms with Crippen LogP contribution in [0, 0.1) is 13.8 Å². The summed E-state index contributed by atoms with van der Waals surface area (Å²) in [7, 11) is 3.61. The van der Waals surface area contributed by atoms with Crippen LogP contribution in [0.3, 0.4) is 0 Å². The molecule has 1 N–H and O–H groups in total. The Bertz CT molecular complexity index is 1220. The Hall–Kier alpha value is -3.81. The van der Waals surface area contributed by atoms with Crippen LogP contribution in [-0.2, 0) is 20.1 Å². The van der Waals surface area contributed by atoms with Crippen molar-refractivity contribution in [1.82, 2.24) is 20.0 Å². The van der Waals surface area contributed by atoms with Crippen molar-refractivity contribution in [1.29, 1.82) is 0 Å². The SMILES string of the molecule is COc1ccc2c(c1)nc(CCNC(=O)c1ccc(OCc3c(C)noc3C)cc1)n2C. The molecule has 0 bridgehead atoms. The van der Waals surface area contributed by atoms with Gasteiger partial charge in [-0.25, -0.2) is 4.98 Å². The first kappa shape index (κ1) is 21.4. The number of methoxy groups -OCH3 is 1. The maximum Gasteiger partial charge on any atom is 0.251 e. The van der Waals surface area contributed by atoms with Gasteiger partial charge in [-0.1, -0.05) is 5.16 Å². The van der Waals surface area contributed by atoms with Gasteiger partial charge in [-0.2, -0.15) is 0 Å². The van der Waals surface area contributed by atoms with Crippen LogP contribution in [-0.4, -0.2) is 34.3 Å². The highest BCUT2D eigenvalue weighted by molar-refractivity contribution is 5.94. The van der Waals surface area contributed by atoms with Gasteiger partial charge in [0.05, 0.1) is 29.4 Å². The molecule has 4 aromatic rings. The van der Waals surface area contributed by atoms with Gasteiger partial charge in [0, 0.05) is 31.6 Å². The van der Waals surface area contributed by atoms with Crippen LogP contribution >= 0.6 is 0 Å². The number of carbonyl (C=O) groups excluding carboxylic acids is 1. The van der Waals surface area contributed by atoms with E-state index in [0.717, 1.165) is 39.6 Å². The predicted octanol–water partition coefficient (Wildman–Crippen LogP) is 3.74. The maximum absolute atomic E-state index is 12.5. The fourth-order valence-electron chi connectivity index (χ4n) is 3.54. The summed E-state index contributed by atoms with van der Waals surface area (Å²) in [5, 5.41) is 6.87. The molecule has 2 aromatic carbocycles. The van der Waals surface area contributed by atoms with Gasteiger partial charge in [0.2, 0.25) is 0 Å². The van der Waals surface area contributed by atoms with E-state index < -0.39 is 0 Å². The molecule has 0 atom stereocenters. The third-order valence-electron chi connectivity index (χ3n) is 5.50. The molecular formula is C24H26N4O4. The number of rotatable bonds is 8. The van der Waals surface area contributed by atoms with Crippen molar-refractivity contribution in [2.45, 2.75) is 26.9 Å². The molecule has 4 rings (SSSR count). The van der Waals surface area contributed by atoms with Crippen molar-refractivity contribution in [2.75, 3.05) is 13.7 Å². The number of ether oxygens (including phenoxy) is 2. The maximum atomic E-state index is 12.5. The summed E-state index contributed by atoms with van der Waals surface area (Å²) in [5.74, 6) is 2.96. The Balaban J connectivity index is 1.31. The van der Waals surface area contributed by atoms with Gasteiger partial charge in [0.15, 0.2) is 0 Å². The smallest absolute Gasteiger partial charge is 0.251 e. The van der Waals surface area contributed by atoms with E-state index in [0.29, 0.717) is 30.9 Å². The average Bonchev–Trinajstić information content (AvgIpc) is 3.30. The molecule has 32 heavy (non-hydrogen) atoms.